The van der Waals surface area contributed by atoms with E-state index in [0.29, 0.717) is 6.61 Å². The maximum absolute atomic E-state index is 6.33. The molecule has 1 aromatic heterocycles. The van der Waals surface area contributed by atoms with Crippen LogP contribution in [0, 0.1) is 5.92 Å². The first-order chi connectivity index (χ1) is 11.4. The summed E-state index contributed by atoms with van der Waals surface area (Å²) in [7, 11) is -4.33. The Hall–Kier alpha value is -0.536. The number of hydrogen-bond donors (Lipinski definition) is 0. The molecule has 0 bridgehead atoms. The monoisotopic (exact) mass is 367 g/mol. The highest BCUT2D eigenvalue weighted by molar-refractivity contribution is 6.78. The molecular weight excluding hydrogens is 334 g/mol. The van der Waals surface area contributed by atoms with Crippen molar-refractivity contribution in [2.45, 2.75) is 71.3 Å². The molecule has 0 spiro atoms. The van der Waals surface area contributed by atoms with Gasteiger partial charge in [-0.2, -0.15) is 0 Å². The first-order valence-electron chi connectivity index (χ1n) is 9.23. The number of hydrogen-bond acceptors (Lipinski definition) is 4. The summed E-state index contributed by atoms with van der Waals surface area (Å²) >= 11 is 0. The van der Waals surface area contributed by atoms with Gasteiger partial charge in [0.1, 0.15) is 0 Å². The lowest BCUT2D eigenvalue weighted by atomic mass is 10.0. The van der Waals surface area contributed by atoms with Crippen LogP contribution in [0.25, 0.3) is 0 Å². The van der Waals surface area contributed by atoms with Gasteiger partial charge in [-0.25, -0.2) is 0 Å². The molecule has 1 heterocycles. The highest BCUT2D eigenvalue weighted by Crippen LogP contribution is 2.28. The van der Waals surface area contributed by atoms with Gasteiger partial charge in [0.05, 0.1) is 6.61 Å². The molecule has 0 N–H and O–H groups in total. The Morgan fingerprint density at radius 3 is 2.46 bits per heavy atom. The van der Waals surface area contributed by atoms with Crippen molar-refractivity contribution in [2.24, 2.45) is 5.92 Å². The van der Waals surface area contributed by atoms with Gasteiger partial charge in [-0.15, -0.1) is 0 Å². The van der Waals surface area contributed by atoms with Gasteiger partial charge < -0.3 is 13.0 Å². The van der Waals surface area contributed by atoms with E-state index in [1.165, 1.54) is 32.1 Å². The van der Waals surface area contributed by atoms with Crippen LogP contribution in [0.3, 0.4) is 0 Å². The normalized spacial score (nSPS) is 16.7. The predicted molar refractivity (Wildman–Crippen MR) is 102 cm³/mol. The van der Waals surface area contributed by atoms with Crippen molar-refractivity contribution < 1.29 is 13.0 Å². The molecule has 4 nitrogen and oxygen atoms in total. The fourth-order valence-corrected chi connectivity index (χ4v) is 9.74. The first kappa shape index (κ1) is 19.8. The molecule has 1 aliphatic rings. The van der Waals surface area contributed by atoms with E-state index in [2.05, 4.69) is 31.2 Å². The van der Waals surface area contributed by atoms with Gasteiger partial charge in [-0.1, -0.05) is 31.7 Å². The van der Waals surface area contributed by atoms with E-state index in [1.54, 1.807) is 6.20 Å². The maximum atomic E-state index is 6.33. The largest absolute Gasteiger partial charge is 0.415 e. The predicted octanol–water partition coefficient (Wildman–Crippen LogP) is 5.01. The van der Waals surface area contributed by atoms with Crippen LogP contribution in [0.1, 0.15) is 44.1 Å². The minimum atomic E-state index is -2.20. The molecule has 136 valence electrons. The fourth-order valence-electron chi connectivity index (χ4n) is 3.38. The number of pyridine rings is 1. The number of rotatable bonds is 10. The Balaban J connectivity index is 1.68. The maximum Gasteiger partial charge on any atom is 0.323 e. The van der Waals surface area contributed by atoms with Gasteiger partial charge in [-0.05, 0) is 56.6 Å². The minimum Gasteiger partial charge on any atom is -0.415 e. The molecular formula is C18H33NO3Si2. The smallest absolute Gasteiger partial charge is 0.323 e. The summed E-state index contributed by atoms with van der Waals surface area (Å²) in [6, 6.07) is 3.96. The highest BCUT2D eigenvalue weighted by atomic mass is 28.5. The second-order valence-corrected chi connectivity index (χ2v) is 14.7. The lowest BCUT2D eigenvalue weighted by Crippen LogP contribution is -2.48. The highest BCUT2D eigenvalue weighted by Gasteiger charge is 2.36. The summed E-state index contributed by atoms with van der Waals surface area (Å²) in [5.41, 5.74) is 1.08. The Bertz CT molecular complexity index is 476. The molecule has 24 heavy (non-hydrogen) atoms. The van der Waals surface area contributed by atoms with Crippen molar-refractivity contribution in [1.29, 1.82) is 0 Å². The summed E-state index contributed by atoms with van der Waals surface area (Å²) in [5.74, 6) is 0.938. The van der Waals surface area contributed by atoms with Gasteiger partial charge in [0.15, 0.2) is 0 Å². The third-order valence-electron chi connectivity index (χ3n) is 4.48. The van der Waals surface area contributed by atoms with E-state index in [1.807, 2.05) is 18.3 Å². The van der Waals surface area contributed by atoms with Crippen molar-refractivity contribution in [3.63, 3.8) is 0 Å². The van der Waals surface area contributed by atoms with Gasteiger partial charge in [0.25, 0.3) is 0 Å². The van der Waals surface area contributed by atoms with E-state index in [-0.39, 0.29) is 0 Å². The van der Waals surface area contributed by atoms with Crippen LogP contribution in [-0.2, 0) is 19.6 Å². The Morgan fingerprint density at radius 2 is 1.79 bits per heavy atom. The van der Waals surface area contributed by atoms with E-state index >= 15 is 0 Å². The van der Waals surface area contributed by atoms with Crippen LogP contribution in [0.4, 0.5) is 0 Å². The summed E-state index contributed by atoms with van der Waals surface area (Å²) < 4.78 is 18.5. The zero-order valence-corrected chi connectivity index (χ0v) is 17.7. The third-order valence-corrected chi connectivity index (χ3v) is 10.2. The molecule has 0 saturated heterocycles. The van der Waals surface area contributed by atoms with Crippen molar-refractivity contribution in [1.82, 2.24) is 4.98 Å². The molecule has 0 amide bonds. The van der Waals surface area contributed by atoms with Crippen molar-refractivity contribution in [2.75, 3.05) is 6.61 Å². The minimum absolute atomic E-state index is 0.555. The van der Waals surface area contributed by atoms with Crippen LogP contribution in [0.15, 0.2) is 24.5 Å². The van der Waals surface area contributed by atoms with Crippen LogP contribution in [0.5, 0.6) is 0 Å². The van der Waals surface area contributed by atoms with E-state index in [9.17, 15) is 0 Å². The van der Waals surface area contributed by atoms with Crippen LogP contribution in [-0.4, -0.2) is 28.7 Å². The number of aromatic nitrogens is 1. The summed E-state index contributed by atoms with van der Waals surface area (Å²) in [5, 5.41) is 0. The SMILES string of the molecule is C[Si](C)(OCCCC1CCCC1)O[Si](C)(C)OCc1cccnc1. The number of nitrogens with zero attached hydrogens (tertiary/aromatic N) is 1. The fraction of sp³-hybridized carbons (Fsp3) is 0.722. The van der Waals surface area contributed by atoms with Crippen molar-refractivity contribution in [3.8, 4) is 0 Å². The zero-order valence-electron chi connectivity index (χ0n) is 15.7. The van der Waals surface area contributed by atoms with Gasteiger partial charge in [-0.3, -0.25) is 4.98 Å². The Kier molecular flexibility index (Phi) is 7.62. The molecule has 1 fully saturated rings. The summed E-state index contributed by atoms with van der Waals surface area (Å²) in [6.07, 6.45) is 11.8. The zero-order chi connectivity index (χ0) is 17.5. The quantitative estimate of drug-likeness (QED) is 0.431. The second kappa shape index (κ2) is 9.24. The third kappa shape index (κ3) is 7.57. The van der Waals surface area contributed by atoms with E-state index in [4.69, 9.17) is 13.0 Å². The standard InChI is InChI=1S/C18H33NO3Si2/c1-23(2,20-14-8-12-17-9-5-6-10-17)22-24(3,4)21-16-18-11-7-13-19-15-18/h7,11,13,15,17H,5-6,8-10,12,14,16H2,1-4H3. The molecule has 0 unspecified atom stereocenters. The molecule has 2 rings (SSSR count). The lowest BCUT2D eigenvalue weighted by molar-refractivity contribution is 0.185. The summed E-state index contributed by atoms with van der Waals surface area (Å²) in [4.78, 5) is 4.12. The molecule has 0 aliphatic heterocycles. The van der Waals surface area contributed by atoms with Crippen molar-refractivity contribution in [3.05, 3.63) is 30.1 Å². The average Bonchev–Trinajstić information content (AvgIpc) is 3.03. The van der Waals surface area contributed by atoms with Crippen molar-refractivity contribution >= 4 is 17.1 Å². The van der Waals surface area contributed by atoms with E-state index < -0.39 is 17.1 Å². The molecule has 1 aliphatic carbocycles. The molecule has 1 aromatic rings. The summed E-state index contributed by atoms with van der Waals surface area (Å²) in [6.45, 7) is 9.83. The first-order valence-corrected chi connectivity index (χ1v) is 14.9. The van der Waals surface area contributed by atoms with Gasteiger partial charge in [0, 0.05) is 19.0 Å². The second-order valence-electron chi connectivity index (χ2n) is 7.69. The Morgan fingerprint density at radius 1 is 1.08 bits per heavy atom. The van der Waals surface area contributed by atoms with Crippen LogP contribution < -0.4 is 0 Å². The van der Waals surface area contributed by atoms with E-state index in [0.717, 1.165) is 24.5 Å². The van der Waals surface area contributed by atoms with Crippen LogP contribution >= 0.6 is 0 Å². The van der Waals surface area contributed by atoms with Gasteiger partial charge in [0.2, 0.25) is 0 Å². The van der Waals surface area contributed by atoms with Crippen LogP contribution in [0.2, 0.25) is 26.2 Å². The molecule has 0 atom stereocenters. The molecule has 6 heteroatoms. The van der Waals surface area contributed by atoms with Gasteiger partial charge >= 0.3 is 17.1 Å². The molecule has 0 aromatic carbocycles. The lowest BCUT2D eigenvalue weighted by Gasteiger charge is -2.32. The molecule has 1 saturated carbocycles. The molecule has 0 radical (unpaired) electrons. The Labute approximate surface area is 149 Å². The average molecular weight is 368 g/mol. The topological polar surface area (TPSA) is 40.6 Å².